The smallest absolute Gasteiger partial charge is 0.138 e. The van der Waals surface area contributed by atoms with Crippen molar-refractivity contribution in [2.75, 3.05) is 6.61 Å². The quantitative estimate of drug-likeness (QED) is 0.803. The first-order valence-electron chi connectivity index (χ1n) is 6.89. The number of nitrogens with zero attached hydrogens (tertiary/aromatic N) is 1. The molecule has 1 aromatic heterocycles. The number of aromatic nitrogens is 1. The molecule has 0 atom stereocenters. The van der Waals surface area contributed by atoms with E-state index in [9.17, 15) is 0 Å². The van der Waals surface area contributed by atoms with Crippen LogP contribution < -0.4 is 4.74 Å². The van der Waals surface area contributed by atoms with Crippen LogP contribution in [0.5, 0.6) is 5.75 Å². The van der Waals surface area contributed by atoms with Crippen LogP contribution in [0.3, 0.4) is 0 Å². The molecule has 0 bridgehead atoms. The maximum Gasteiger partial charge on any atom is 0.138 e. The minimum atomic E-state index is 0.741. The lowest BCUT2D eigenvalue weighted by atomic mass is 9.90. The van der Waals surface area contributed by atoms with Crippen LogP contribution in [-0.4, -0.2) is 11.6 Å². The summed E-state index contributed by atoms with van der Waals surface area (Å²) in [5, 5.41) is 1.15. The van der Waals surface area contributed by atoms with Gasteiger partial charge in [-0.25, -0.2) is 0 Å². The SMILES string of the molecule is c1ccc2ncc(OCC3CCCCC3)cc2c1. The molecule has 0 N–H and O–H groups in total. The van der Waals surface area contributed by atoms with Crippen molar-refractivity contribution < 1.29 is 4.74 Å². The molecular weight excluding hydrogens is 222 g/mol. The normalized spacial score (nSPS) is 16.9. The van der Waals surface area contributed by atoms with Gasteiger partial charge < -0.3 is 4.74 Å². The number of para-hydroxylation sites is 1. The highest BCUT2D eigenvalue weighted by Gasteiger charge is 2.13. The molecule has 1 fully saturated rings. The highest BCUT2D eigenvalue weighted by Crippen LogP contribution is 2.25. The van der Waals surface area contributed by atoms with Gasteiger partial charge in [0.2, 0.25) is 0 Å². The van der Waals surface area contributed by atoms with Gasteiger partial charge in [-0.2, -0.15) is 0 Å². The summed E-state index contributed by atoms with van der Waals surface area (Å²) in [5.41, 5.74) is 1.03. The van der Waals surface area contributed by atoms with Crippen molar-refractivity contribution >= 4 is 10.9 Å². The zero-order valence-electron chi connectivity index (χ0n) is 10.6. The number of pyridine rings is 1. The standard InChI is InChI=1S/C16H19NO/c1-2-6-13(7-3-1)12-18-15-10-14-8-4-5-9-16(14)17-11-15/h4-5,8-11,13H,1-3,6-7,12H2. The fourth-order valence-electron chi connectivity index (χ4n) is 2.70. The van der Waals surface area contributed by atoms with Crippen molar-refractivity contribution in [1.29, 1.82) is 0 Å². The fourth-order valence-corrected chi connectivity index (χ4v) is 2.70. The Morgan fingerprint density at radius 1 is 1.11 bits per heavy atom. The first-order valence-corrected chi connectivity index (χ1v) is 6.89. The van der Waals surface area contributed by atoms with Gasteiger partial charge in [0.05, 0.1) is 18.3 Å². The molecule has 18 heavy (non-hydrogen) atoms. The molecule has 3 rings (SSSR count). The van der Waals surface area contributed by atoms with Crippen LogP contribution in [0.25, 0.3) is 10.9 Å². The Morgan fingerprint density at radius 3 is 2.83 bits per heavy atom. The monoisotopic (exact) mass is 241 g/mol. The molecule has 1 saturated carbocycles. The van der Waals surface area contributed by atoms with Gasteiger partial charge in [0, 0.05) is 5.39 Å². The Morgan fingerprint density at radius 2 is 1.94 bits per heavy atom. The Kier molecular flexibility index (Phi) is 3.44. The van der Waals surface area contributed by atoms with Gasteiger partial charge in [0.25, 0.3) is 0 Å². The molecule has 0 spiro atoms. The molecule has 1 aliphatic carbocycles. The predicted octanol–water partition coefficient (Wildman–Crippen LogP) is 4.19. The minimum absolute atomic E-state index is 0.741. The summed E-state index contributed by atoms with van der Waals surface area (Å²) in [4.78, 5) is 4.42. The zero-order chi connectivity index (χ0) is 12.2. The summed E-state index contributed by atoms with van der Waals surface area (Å²) in [7, 11) is 0. The van der Waals surface area contributed by atoms with Gasteiger partial charge in [0.1, 0.15) is 5.75 Å². The van der Waals surface area contributed by atoms with Gasteiger partial charge in [-0.05, 0) is 30.9 Å². The molecule has 0 saturated heterocycles. The number of ether oxygens (including phenoxy) is 1. The lowest BCUT2D eigenvalue weighted by molar-refractivity contribution is 0.208. The Balaban J connectivity index is 1.66. The molecule has 1 aliphatic rings. The molecule has 0 amide bonds. The predicted molar refractivity (Wildman–Crippen MR) is 73.8 cm³/mol. The summed E-state index contributed by atoms with van der Waals surface area (Å²) in [6, 6.07) is 10.2. The summed E-state index contributed by atoms with van der Waals surface area (Å²) < 4.78 is 5.89. The molecule has 1 aromatic carbocycles. The van der Waals surface area contributed by atoms with Crippen LogP contribution in [0.15, 0.2) is 36.5 Å². The maximum atomic E-state index is 5.89. The van der Waals surface area contributed by atoms with E-state index in [1.165, 1.54) is 32.1 Å². The van der Waals surface area contributed by atoms with Crippen LogP contribution in [0.2, 0.25) is 0 Å². The van der Waals surface area contributed by atoms with Crippen molar-refractivity contribution in [3.8, 4) is 5.75 Å². The molecule has 2 nitrogen and oxygen atoms in total. The average Bonchev–Trinajstić information content (AvgIpc) is 2.46. The zero-order valence-corrected chi connectivity index (χ0v) is 10.6. The van der Waals surface area contributed by atoms with E-state index in [2.05, 4.69) is 17.1 Å². The van der Waals surface area contributed by atoms with Crippen LogP contribution in [0.4, 0.5) is 0 Å². The van der Waals surface area contributed by atoms with Crippen LogP contribution >= 0.6 is 0 Å². The van der Waals surface area contributed by atoms with E-state index in [1.807, 2.05) is 24.4 Å². The Hall–Kier alpha value is -1.57. The summed E-state index contributed by atoms with van der Waals surface area (Å²) in [6.07, 6.45) is 8.61. The van der Waals surface area contributed by atoms with E-state index in [1.54, 1.807) is 0 Å². The van der Waals surface area contributed by atoms with E-state index < -0.39 is 0 Å². The van der Waals surface area contributed by atoms with Gasteiger partial charge in [-0.15, -0.1) is 0 Å². The van der Waals surface area contributed by atoms with Gasteiger partial charge in [0.15, 0.2) is 0 Å². The fraction of sp³-hybridized carbons (Fsp3) is 0.438. The number of hydrogen-bond acceptors (Lipinski definition) is 2. The average molecular weight is 241 g/mol. The van der Waals surface area contributed by atoms with Crippen LogP contribution in [0, 0.1) is 5.92 Å². The molecule has 2 heteroatoms. The molecule has 0 unspecified atom stereocenters. The first-order chi connectivity index (χ1) is 8.92. The topological polar surface area (TPSA) is 22.1 Å². The van der Waals surface area contributed by atoms with Crippen LogP contribution in [0.1, 0.15) is 32.1 Å². The molecule has 0 radical (unpaired) electrons. The van der Waals surface area contributed by atoms with E-state index in [4.69, 9.17) is 4.74 Å². The van der Waals surface area contributed by atoms with Crippen molar-refractivity contribution in [1.82, 2.24) is 4.98 Å². The molecule has 2 aromatic rings. The number of fused-ring (bicyclic) bond motifs is 1. The largest absolute Gasteiger partial charge is 0.492 e. The first kappa shape index (κ1) is 11.5. The van der Waals surface area contributed by atoms with Crippen molar-refractivity contribution in [2.24, 2.45) is 5.92 Å². The molecular formula is C16H19NO. The lowest BCUT2D eigenvalue weighted by Crippen LogP contribution is -2.15. The second-order valence-corrected chi connectivity index (χ2v) is 5.18. The molecule has 0 aliphatic heterocycles. The van der Waals surface area contributed by atoms with Crippen molar-refractivity contribution in [3.05, 3.63) is 36.5 Å². The summed E-state index contributed by atoms with van der Waals surface area (Å²) in [5.74, 6) is 1.64. The minimum Gasteiger partial charge on any atom is -0.492 e. The molecule has 1 heterocycles. The third-order valence-corrected chi connectivity index (χ3v) is 3.78. The summed E-state index contributed by atoms with van der Waals surface area (Å²) >= 11 is 0. The third-order valence-electron chi connectivity index (χ3n) is 3.78. The lowest BCUT2D eigenvalue weighted by Gasteiger charge is -2.21. The molecule has 94 valence electrons. The number of rotatable bonds is 3. The third kappa shape index (κ3) is 2.63. The van der Waals surface area contributed by atoms with Crippen molar-refractivity contribution in [2.45, 2.75) is 32.1 Å². The van der Waals surface area contributed by atoms with E-state index in [0.717, 1.165) is 29.2 Å². The Bertz CT molecular complexity index is 517. The Labute approximate surface area is 108 Å². The number of hydrogen-bond donors (Lipinski definition) is 0. The van der Waals surface area contributed by atoms with E-state index in [0.29, 0.717) is 0 Å². The summed E-state index contributed by atoms with van der Waals surface area (Å²) in [6.45, 7) is 0.847. The second-order valence-electron chi connectivity index (χ2n) is 5.18. The van der Waals surface area contributed by atoms with E-state index in [-0.39, 0.29) is 0 Å². The van der Waals surface area contributed by atoms with Gasteiger partial charge >= 0.3 is 0 Å². The second kappa shape index (κ2) is 5.38. The number of benzene rings is 1. The maximum absolute atomic E-state index is 5.89. The van der Waals surface area contributed by atoms with E-state index >= 15 is 0 Å². The van der Waals surface area contributed by atoms with Crippen LogP contribution in [-0.2, 0) is 0 Å². The highest BCUT2D eigenvalue weighted by molar-refractivity contribution is 5.79. The highest BCUT2D eigenvalue weighted by atomic mass is 16.5. The van der Waals surface area contributed by atoms with Gasteiger partial charge in [-0.1, -0.05) is 37.5 Å². The van der Waals surface area contributed by atoms with Crippen molar-refractivity contribution in [3.63, 3.8) is 0 Å². The van der Waals surface area contributed by atoms with Gasteiger partial charge in [-0.3, -0.25) is 4.98 Å².